The van der Waals surface area contributed by atoms with Crippen LogP contribution >= 0.6 is 0 Å². The van der Waals surface area contributed by atoms with Gasteiger partial charge in [-0.1, -0.05) is 0 Å². The van der Waals surface area contributed by atoms with Crippen LogP contribution < -0.4 is 5.73 Å². The summed E-state index contributed by atoms with van der Waals surface area (Å²) < 4.78 is 6.09. The number of nitrogen functional groups attached to an aromatic ring is 1. The second-order valence-electron chi connectivity index (χ2n) is 6.66. The van der Waals surface area contributed by atoms with Crippen LogP contribution in [0.2, 0.25) is 0 Å². The number of nitrogens with zero attached hydrogens (tertiary/aromatic N) is 2. The summed E-state index contributed by atoms with van der Waals surface area (Å²) in [5, 5.41) is 0. The third-order valence-electron chi connectivity index (χ3n) is 3.29. The molecule has 19 heavy (non-hydrogen) atoms. The molecule has 1 aliphatic rings. The summed E-state index contributed by atoms with van der Waals surface area (Å²) in [4.78, 5) is 6.81. The van der Waals surface area contributed by atoms with E-state index in [0.29, 0.717) is 0 Å². The molecule has 2 heterocycles. The summed E-state index contributed by atoms with van der Waals surface area (Å²) in [6.45, 7) is 11.6. The lowest BCUT2D eigenvalue weighted by molar-refractivity contribution is -0.180. The Labute approximate surface area is 116 Å². The molecule has 2 N–H and O–H groups in total. The number of pyridine rings is 1. The van der Waals surface area contributed by atoms with Crippen molar-refractivity contribution < 1.29 is 4.74 Å². The average molecular weight is 263 g/mol. The molecule has 0 aromatic carbocycles. The van der Waals surface area contributed by atoms with Crippen molar-refractivity contribution in [2.75, 3.05) is 25.4 Å². The minimum atomic E-state index is -0.0870. The Morgan fingerprint density at radius 3 is 2.37 bits per heavy atom. The third-order valence-corrected chi connectivity index (χ3v) is 3.29. The zero-order valence-electron chi connectivity index (χ0n) is 12.4. The number of anilines is 1. The highest BCUT2D eigenvalue weighted by molar-refractivity contribution is 5.34. The van der Waals surface area contributed by atoms with Crippen molar-refractivity contribution in [3.8, 4) is 0 Å². The standard InChI is InChI=1S/C15H25N3O/c1-14(2)10-18(11-15(3,4)19-14)8-7-13-6-5-12(16)9-17-13/h5-6,9H,7-8,10-11,16H2,1-4H3. The van der Waals surface area contributed by atoms with Crippen LogP contribution in [0, 0.1) is 0 Å². The zero-order chi connectivity index (χ0) is 14.1. The lowest BCUT2D eigenvalue weighted by Gasteiger charge is -2.47. The second kappa shape index (κ2) is 5.10. The molecular formula is C15H25N3O. The molecule has 1 aromatic heterocycles. The molecule has 1 aromatic rings. The highest BCUT2D eigenvalue weighted by atomic mass is 16.5. The molecule has 2 rings (SSSR count). The van der Waals surface area contributed by atoms with Crippen molar-refractivity contribution in [3.05, 3.63) is 24.0 Å². The normalized spacial score (nSPS) is 22.3. The van der Waals surface area contributed by atoms with Gasteiger partial charge >= 0.3 is 0 Å². The molecule has 1 fully saturated rings. The predicted octanol–water partition coefficient (Wildman–Crippen LogP) is 2.10. The molecule has 0 spiro atoms. The summed E-state index contributed by atoms with van der Waals surface area (Å²) in [7, 11) is 0. The summed E-state index contributed by atoms with van der Waals surface area (Å²) in [5.41, 5.74) is 7.29. The fourth-order valence-electron chi connectivity index (χ4n) is 2.96. The fraction of sp³-hybridized carbons (Fsp3) is 0.667. The molecule has 1 aliphatic heterocycles. The summed E-state index contributed by atoms with van der Waals surface area (Å²) in [6, 6.07) is 3.92. The van der Waals surface area contributed by atoms with Gasteiger partial charge in [0.25, 0.3) is 0 Å². The first kappa shape index (κ1) is 14.3. The Hall–Kier alpha value is -1.13. The largest absolute Gasteiger partial charge is 0.397 e. The highest BCUT2D eigenvalue weighted by Crippen LogP contribution is 2.27. The van der Waals surface area contributed by atoms with Crippen LogP contribution in [0.1, 0.15) is 33.4 Å². The van der Waals surface area contributed by atoms with Crippen LogP contribution in [0.5, 0.6) is 0 Å². The molecule has 0 bridgehead atoms. The number of nitrogens with two attached hydrogens (primary N) is 1. The second-order valence-corrected chi connectivity index (χ2v) is 6.66. The van der Waals surface area contributed by atoms with E-state index in [2.05, 4.69) is 37.6 Å². The minimum absolute atomic E-state index is 0.0870. The van der Waals surface area contributed by atoms with Gasteiger partial charge in [0.1, 0.15) is 0 Å². The van der Waals surface area contributed by atoms with Gasteiger partial charge in [-0.2, -0.15) is 0 Å². The Balaban J connectivity index is 1.93. The lowest BCUT2D eigenvalue weighted by atomic mass is 9.98. The first-order valence-electron chi connectivity index (χ1n) is 6.89. The maximum absolute atomic E-state index is 6.09. The van der Waals surface area contributed by atoms with Gasteiger partial charge in [-0.15, -0.1) is 0 Å². The van der Waals surface area contributed by atoms with E-state index in [-0.39, 0.29) is 11.2 Å². The van der Waals surface area contributed by atoms with E-state index in [1.807, 2.05) is 12.1 Å². The Morgan fingerprint density at radius 1 is 1.21 bits per heavy atom. The smallest absolute Gasteiger partial charge is 0.0760 e. The molecular weight excluding hydrogens is 238 g/mol. The molecule has 0 amide bonds. The number of morpholine rings is 1. The van der Waals surface area contributed by atoms with Gasteiger partial charge in [0.2, 0.25) is 0 Å². The molecule has 0 saturated carbocycles. The highest BCUT2D eigenvalue weighted by Gasteiger charge is 2.37. The van der Waals surface area contributed by atoms with Crippen LogP contribution in [0.15, 0.2) is 18.3 Å². The minimum Gasteiger partial charge on any atom is -0.397 e. The maximum atomic E-state index is 6.09. The van der Waals surface area contributed by atoms with Gasteiger partial charge < -0.3 is 10.5 Å². The third kappa shape index (κ3) is 4.18. The van der Waals surface area contributed by atoms with E-state index in [4.69, 9.17) is 10.5 Å². The average Bonchev–Trinajstić information content (AvgIpc) is 2.24. The molecule has 0 unspecified atom stereocenters. The van der Waals surface area contributed by atoms with Crippen LogP contribution in [-0.2, 0) is 11.2 Å². The van der Waals surface area contributed by atoms with E-state index in [1.54, 1.807) is 6.20 Å². The Kier molecular flexibility index (Phi) is 3.83. The Morgan fingerprint density at radius 2 is 1.84 bits per heavy atom. The molecule has 0 aliphatic carbocycles. The first-order valence-corrected chi connectivity index (χ1v) is 6.89. The molecule has 4 nitrogen and oxygen atoms in total. The number of hydrogen-bond donors (Lipinski definition) is 1. The van der Waals surface area contributed by atoms with E-state index < -0.39 is 0 Å². The fourth-order valence-corrected chi connectivity index (χ4v) is 2.96. The van der Waals surface area contributed by atoms with Gasteiger partial charge in [-0.3, -0.25) is 9.88 Å². The van der Waals surface area contributed by atoms with Gasteiger partial charge in [0, 0.05) is 31.7 Å². The summed E-state index contributed by atoms with van der Waals surface area (Å²) in [6.07, 6.45) is 2.68. The van der Waals surface area contributed by atoms with Crippen molar-refractivity contribution in [1.82, 2.24) is 9.88 Å². The molecule has 0 atom stereocenters. The maximum Gasteiger partial charge on any atom is 0.0760 e. The van der Waals surface area contributed by atoms with E-state index in [1.165, 1.54) is 0 Å². The molecule has 0 radical (unpaired) electrons. The predicted molar refractivity (Wildman–Crippen MR) is 78.0 cm³/mol. The van der Waals surface area contributed by atoms with Crippen molar-refractivity contribution in [2.45, 2.75) is 45.3 Å². The van der Waals surface area contributed by atoms with Crippen LogP contribution in [0.25, 0.3) is 0 Å². The molecule has 106 valence electrons. The van der Waals surface area contributed by atoms with Crippen molar-refractivity contribution in [2.24, 2.45) is 0 Å². The number of hydrogen-bond acceptors (Lipinski definition) is 4. The van der Waals surface area contributed by atoms with Gasteiger partial charge in [0.05, 0.1) is 23.1 Å². The zero-order valence-corrected chi connectivity index (χ0v) is 12.4. The van der Waals surface area contributed by atoms with Crippen LogP contribution in [-0.4, -0.2) is 40.7 Å². The van der Waals surface area contributed by atoms with Crippen LogP contribution in [0.4, 0.5) is 5.69 Å². The SMILES string of the molecule is CC1(C)CN(CCc2ccc(N)cn2)CC(C)(C)O1. The van der Waals surface area contributed by atoms with Gasteiger partial charge in [-0.25, -0.2) is 0 Å². The Bertz CT molecular complexity index is 410. The lowest BCUT2D eigenvalue weighted by Crippen LogP contribution is -2.57. The van der Waals surface area contributed by atoms with Crippen molar-refractivity contribution in [3.63, 3.8) is 0 Å². The van der Waals surface area contributed by atoms with E-state index in [9.17, 15) is 0 Å². The van der Waals surface area contributed by atoms with Gasteiger partial charge in [0.15, 0.2) is 0 Å². The van der Waals surface area contributed by atoms with Crippen LogP contribution in [0.3, 0.4) is 0 Å². The number of rotatable bonds is 3. The van der Waals surface area contributed by atoms with E-state index >= 15 is 0 Å². The number of aromatic nitrogens is 1. The van der Waals surface area contributed by atoms with Crippen molar-refractivity contribution >= 4 is 5.69 Å². The van der Waals surface area contributed by atoms with E-state index in [0.717, 1.165) is 37.4 Å². The quantitative estimate of drug-likeness (QED) is 0.907. The summed E-state index contributed by atoms with van der Waals surface area (Å²) in [5.74, 6) is 0. The molecule has 1 saturated heterocycles. The van der Waals surface area contributed by atoms with Crippen molar-refractivity contribution in [1.29, 1.82) is 0 Å². The monoisotopic (exact) mass is 263 g/mol. The first-order chi connectivity index (χ1) is 8.76. The molecule has 4 heteroatoms. The topological polar surface area (TPSA) is 51.4 Å². The number of ether oxygens (including phenoxy) is 1. The van der Waals surface area contributed by atoms with Gasteiger partial charge in [-0.05, 0) is 39.8 Å². The summed E-state index contributed by atoms with van der Waals surface area (Å²) >= 11 is 0.